The average Bonchev–Trinajstić information content (AvgIpc) is 2.62. The standard InChI is InChI=1S/C23H37N3O5/c1-9-16(2)26(21(29)31-23(6,7)8)19-13-12-17(15-25-19)18(27)11-10-14-24-20(28)30-22(3,4)5/h12-13,15-16H,9-11,14H2,1-8H3,(H,24,28)/t16-/m0/s1. The Bertz CT molecular complexity index is 748. The minimum Gasteiger partial charge on any atom is -0.444 e. The Kier molecular flexibility index (Phi) is 9.46. The van der Waals surface area contributed by atoms with Gasteiger partial charge in [-0.2, -0.15) is 0 Å². The van der Waals surface area contributed by atoms with Crippen LogP contribution in [0.25, 0.3) is 0 Å². The number of anilines is 1. The van der Waals surface area contributed by atoms with Crippen LogP contribution in [0.15, 0.2) is 18.3 Å². The lowest BCUT2D eigenvalue weighted by Crippen LogP contribution is -2.42. The number of hydrogen-bond acceptors (Lipinski definition) is 6. The summed E-state index contributed by atoms with van der Waals surface area (Å²) in [6.07, 6.45) is 1.97. The minimum absolute atomic E-state index is 0.0857. The zero-order valence-corrected chi connectivity index (χ0v) is 20.1. The van der Waals surface area contributed by atoms with Crippen molar-refractivity contribution >= 4 is 23.8 Å². The Balaban J connectivity index is 2.70. The fourth-order valence-corrected chi connectivity index (χ4v) is 2.58. The number of hydrogen-bond donors (Lipinski definition) is 1. The summed E-state index contributed by atoms with van der Waals surface area (Å²) in [7, 11) is 0. The van der Waals surface area contributed by atoms with Gasteiger partial charge in [0.05, 0.1) is 0 Å². The smallest absolute Gasteiger partial charge is 0.416 e. The highest BCUT2D eigenvalue weighted by Crippen LogP contribution is 2.21. The molecule has 1 N–H and O–H groups in total. The predicted molar refractivity (Wildman–Crippen MR) is 121 cm³/mol. The minimum atomic E-state index is -0.619. The normalized spacial score (nSPS) is 12.6. The van der Waals surface area contributed by atoms with E-state index in [0.717, 1.165) is 6.42 Å². The first kappa shape index (κ1) is 26.4. The highest BCUT2D eigenvalue weighted by Gasteiger charge is 2.27. The molecule has 0 aliphatic rings. The molecule has 1 rings (SSSR count). The van der Waals surface area contributed by atoms with E-state index in [9.17, 15) is 14.4 Å². The van der Waals surface area contributed by atoms with E-state index in [1.807, 2.05) is 34.6 Å². The summed E-state index contributed by atoms with van der Waals surface area (Å²) >= 11 is 0. The SMILES string of the molecule is CC[C@H](C)N(C(=O)OC(C)(C)C)c1ccc(C(=O)CCCNC(=O)OC(C)(C)C)cn1. The van der Waals surface area contributed by atoms with Crippen molar-refractivity contribution in [3.05, 3.63) is 23.9 Å². The third-order valence-corrected chi connectivity index (χ3v) is 4.19. The molecule has 8 heteroatoms. The van der Waals surface area contributed by atoms with E-state index in [4.69, 9.17) is 9.47 Å². The van der Waals surface area contributed by atoms with E-state index in [1.54, 1.807) is 32.9 Å². The van der Waals surface area contributed by atoms with Gasteiger partial charge in [-0.1, -0.05) is 6.92 Å². The van der Waals surface area contributed by atoms with Gasteiger partial charge in [-0.3, -0.25) is 9.69 Å². The van der Waals surface area contributed by atoms with E-state index in [2.05, 4.69) is 10.3 Å². The maximum Gasteiger partial charge on any atom is 0.416 e. The van der Waals surface area contributed by atoms with Crippen LogP contribution in [0.2, 0.25) is 0 Å². The molecular formula is C23H37N3O5. The molecule has 8 nitrogen and oxygen atoms in total. The summed E-state index contributed by atoms with van der Waals surface area (Å²) in [5, 5.41) is 2.63. The Morgan fingerprint density at radius 2 is 1.68 bits per heavy atom. The fourth-order valence-electron chi connectivity index (χ4n) is 2.58. The van der Waals surface area contributed by atoms with Crippen LogP contribution in [0.3, 0.4) is 0 Å². The molecule has 0 saturated carbocycles. The molecule has 1 aromatic heterocycles. The third-order valence-electron chi connectivity index (χ3n) is 4.19. The number of Topliss-reactive ketones (excluding diaryl/α,β-unsaturated/α-hetero) is 1. The number of alkyl carbamates (subject to hydrolysis) is 1. The highest BCUT2D eigenvalue weighted by atomic mass is 16.6. The lowest BCUT2D eigenvalue weighted by molar-refractivity contribution is 0.0522. The van der Waals surface area contributed by atoms with Gasteiger partial charge in [0.25, 0.3) is 0 Å². The first-order valence-corrected chi connectivity index (χ1v) is 10.7. The Hall–Kier alpha value is -2.64. The maximum atomic E-state index is 12.6. The molecule has 0 saturated heterocycles. The second-order valence-corrected chi connectivity index (χ2v) is 9.47. The molecule has 0 aliphatic carbocycles. The monoisotopic (exact) mass is 435 g/mol. The zero-order chi connectivity index (χ0) is 23.8. The topological polar surface area (TPSA) is 97.8 Å². The van der Waals surface area contributed by atoms with Crippen molar-refractivity contribution < 1.29 is 23.9 Å². The molecule has 0 unspecified atom stereocenters. The van der Waals surface area contributed by atoms with Gasteiger partial charge in [0.1, 0.15) is 17.0 Å². The number of aromatic nitrogens is 1. The Morgan fingerprint density at radius 3 is 2.16 bits per heavy atom. The van der Waals surface area contributed by atoms with Gasteiger partial charge in [0.15, 0.2) is 5.78 Å². The average molecular weight is 436 g/mol. The van der Waals surface area contributed by atoms with Crippen molar-refractivity contribution in [2.45, 2.75) is 91.9 Å². The quantitative estimate of drug-likeness (QED) is 0.450. The summed E-state index contributed by atoms with van der Waals surface area (Å²) in [5.74, 6) is 0.351. The van der Waals surface area contributed by atoms with Crippen LogP contribution in [-0.4, -0.2) is 46.7 Å². The molecule has 1 atom stereocenters. The molecule has 0 aliphatic heterocycles. The summed E-state index contributed by atoms with van der Waals surface area (Å²) in [6, 6.07) is 3.20. The van der Waals surface area contributed by atoms with Crippen molar-refractivity contribution in [1.82, 2.24) is 10.3 Å². The number of nitrogens with zero attached hydrogens (tertiary/aromatic N) is 2. The number of ketones is 1. The molecule has 2 amide bonds. The van der Waals surface area contributed by atoms with Gasteiger partial charge >= 0.3 is 12.2 Å². The van der Waals surface area contributed by atoms with Crippen molar-refractivity contribution in [1.29, 1.82) is 0 Å². The number of ether oxygens (including phenoxy) is 2. The molecule has 0 fully saturated rings. The molecule has 1 heterocycles. The van der Waals surface area contributed by atoms with Gasteiger partial charge in [-0.25, -0.2) is 14.6 Å². The van der Waals surface area contributed by atoms with E-state index in [0.29, 0.717) is 24.3 Å². The highest BCUT2D eigenvalue weighted by molar-refractivity contribution is 5.96. The summed E-state index contributed by atoms with van der Waals surface area (Å²) < 4.78 is 10.7. The summed E-state index contributed by atoms with van der Waals surface area (Å²) in [6.45, 7) is 15.0. The lowest BCUT2D eigenvalue weighted by atomic mass is 10.1. The van der Waals surface area contributed by atoms with E-state index >= 15 is 0 Å². The van der Waals surface area contributed by atoms with Crippen LogP contribution in [0, 0.1) is 0 Å². The Labute approximate surface area is 185 Å². The number of nitrogens with one attached hydrogen (secondary N) is 1. The number of carbonyl (C=O) groups excluding carboxylic acids is 3. The van der Waals surface area contributed by atoms with Crippen molar-refractivity contribution in [2.24, 2.45) is 0 Å². The second-order valence-electron chi connectivity index (χ2n) is 9.47. The van der Waals surface area contributed by atoms with Gasteiger partial charge in [-0.05, 0) is 73.4 Å². The molecule has 174 valence electrons. The number of rotatable bonds is 8. The zero-order valence-electron chi connectivity index (χ0n) is 20.1. The van der Waals surface area contributed by atoms with Gasteiger partial charge in [0.2, 0.25) is 0 Å². The summed E-state index contributed by atoms with van der Waals surface area (Å²) in [5.41, 5.74) is -0.726. The molecular weight excluding hydrogens is 398 g/mol. The molecule has 31 heavy (non-hydrogen) atoms. The fraction of sp³-hybridized carbons (Fsp3) is 0.652. The van der Waals surface area contributed by atoms with Crippen LogP contribution in [0.5, 0.6) is 0 Å². The van der Waals surface area contributed by atoms with Crippen LogP contribution in [0.1, 0.15) is 85.0 Å². The van der Waals surface area contributed by atoms with Crippen LogP contribution in [-0.2, 0) is 9.47 Å². The van der Waals surface area contributed by atoms with E-state index in [-0.39, 0.29) is 18.2 Å². The summed E-state index contributed by atoms with van der Waals surface area (Å²) in [4.78, 5) is 42.5. The number of amides is 2. The second kappa shape index (κ2) is 11.1. The number of carbonyl (C=O) groups is 3. The molecule has 1 aromatic rings. The largest absolute Gasteiger partial charge is 0.444 e. The first-order chi connectivity index (χ1) is 14.2. The lowest BCUT2D eigenvalue weighted by Gasteiger charge is -2.30. The van der Waals surface area contributed by atoms with Crippen LogP contribution in [0.4, 0.5) is 15.4 Å². The molecule has 0 bridgehead atoms. The van der Waals surface area contributed by atoms with Crippen molar-refractivity contribution in [2.75, 3.05) is 11.4 Å². The number of pyridine rings is 1. The van der Waals surface area contributed by atoms with Crippen molar-refractivity contribution in [3.8, 4) is 0 Å². The molecule has 0 aromatic carbocycles. The van der Waals surface area contributed by atoms with Crippen LogP contribution >= 0.6 is 0 Å². The maximum absolute atomic E-state index is 12.6. The van der Waals surface area contributed by atoms with Gasteiger partial charge in [-0.15, -0.1) is 0 Å². The first-order valence-electron chi connectivity index (χ1n) is 10.7. The van der Waals surface area contributed by atoms with Crippen LogP contribution < -0.4 is 10.2 Å². The van der Waals surface area contributed by atoms with Gasteiger partial charge in [0, 0.05) is 30.8 Å². The third kappa shape index (κ3) is 9.81. The molecule has 0 spiro atoms. The van der Waals surface area contributed by atoms with E-state index in [1.165, 1.54) is 11.1 Å². The molecule has 0 radical (unpaired) electrons. The van der Waals surface area contributed by atoms with Gasteiger partial charge < -0.3 is 14.8 Å². The Morgan fingerprint density at radius 1 is 1.06 bits per heavy atom. The van der Waals surface area contributed by atoms with E-state index < -0.39 is 23.4 Å². The van der Waals surface area contributed by atoms with Crippen molar-refractivity contribution in [3.63, 3.8) is 0 Å². The predicted octanol–water partition coefficient (Wildman–Crippen LogP) is 5.11.